The number of hydrogen-bond donors (Lipinski definition) is 1. The summed E-state index contributed by atoms with van der Waals surface area (Å²) in [5, 5.41) is 26.2. The molecule has 11 rings (SSSR count). The molecule has 1 N–H and O–H groups in total. The SMILES string of the molecule is CC(C)c1n[nH]c2c1CCC2.CC(C)c1nn(C(C)C)c2c1CCC2.CC(C)c1nn(C)c2c1CCC2.CC(C)c1nn(C2COC2)c2c1CCC2.CCn1nc(C(C)C)c2c1CCC2.[HH]. The smallest absolute Gasteiger partial charge is 0.0988 e. The van der Waals surface area contributed by atoms with Gasteiger partial charge >= 0.3 is 0 Å². The van der Waals surface area contributed by atoms with Crippen LogP contribution in [0, 0.1) is 0 Å². The van der Waals surface area contributed by atoms with Crippen LogP contribution in [-0.2, 0) is 82.5 Å². The second kappa shape index (κ2) is 21.3. The van der Waals surface area contributed by atoms with Crippen LogP contribution in [0.3, 0.4) is 0 Å². The molecule has 0 bridgehead atoms. The summed E-state index contributed by atoms with van der Waals surface area (Å²) in [7, 11) is 2.07. The largest absolute Gasteiger partial charge is 0.377 e. The van der Waals surface area contributed by atoms with Crippen molar-refractivity contribution < 1.29 is 6.16 Å². The van der Waals surface area contributed by atoms with Gasteiger partial charge in [0, 0.05) is 49.5 Å². The first-order valence-corrected chi connectivity index (χ1v) is 26.1. The summed E-state index contributed by atoms with van der Waals surface area (Å²) >= 11 is 0. The van der Waals surface area contributed by atoms with Gasteiger partial charge in [0.1, 0.15) is 0 Å². The van der Waals surface area contributed by atoms with E-state index >= 15 is 0 Å². The number of nitrogens with zero attached hydrogens (tertiary/aromatic N) is 9. The fraction of sp³-hybridized carbons (Fsp3) is 0.722. The van der Waals surface area contributed by atoms with Gasteiger partial charge in [0.25, 0.3) is 0 Å². The lowest BCUT2D eigenvalue weighted by Gasteiger charge is -2.27. The Morgan fingerprint density at radius 1 is 0.508 bits per heavy atom. The molecule has 6 heterocycles. The number of nitrogens with one attached hydrogen (secondary N) is 1. The van der Waals surface area contributed by atoms with Gasteiger partial charge < -0.3 is 4.74 Å². The molecule has 1 fully saturated rings. The van der Waals surface area contributed by atoms with Gasteiger partial charge in [-0.05, 0) is 174 Å². The molecule has 0 atom stereocenters. The van der Waals surface area contributed by atoms with Crippen LogP contribution in [0.4, 0.5) is 0 Å². The molecule has 11 nitrogen and oxygen atoms in total. The van der Waals surface area contributed by atoms with Gasteiger partial charge in [-0.25, -0.2) is 0 Å². The molecule has 0 radical (unpaired) electrons. The first-order valence-electron chi connectivity index (χ1n) is 26.1. The Hall–Kier alpha value is -3.99. The first-order chi connectivity index (χ1) is 31.1. The maximum atomic E-state index is 5.26. The summed E-state index contributed by atoms with van der Waals surface area (Å²) in [6.45, 7) is 31.6. The third-order valence-electron chi connectivity index (χ3n) is 14.5. The molecule has 0 aromatic carbocycles. The highest BCUT2D eigenvalue weighted by atomic mass is 16.5. The van der Waals surface area contributed by atoms with Crippen LogP contribution in [-0.4, -0.2) is 62.5 Å². The van der Waals surface area contributed by atoms with Gasteiger partial charge in [0.15, 0.2) is 0 Å². The van der Waals surface area contributed by atoms with Crippen molar-refractivity contribution in [1.29, 1.82) is 0 Å². The van der Waals surface area contributed by atoms with Crippen molar-refractivity contribution in [3.63, 3.8) is 0 Å². The van der Waals surface area contributed by atoms with Gasteiger partial charge in [-0.2, -0.15) is 25.5 Å². The number of hydrogen-bond acceptors (Lipinski definition) is 6. The maximum absolute atomic E-state index is 5.26. The van der Waals surface area contributed by atoms with E-state index in [2.05, 4.69) is 136 Å². The minimum atomic E-state index is 0. The molecule has 0 saturated carbocycles. The highest BCUT2D eigenvalue weighted by Gasteiger charge is 2.31. The van der Waals surface area contributed by atoms with Crippen LogP contribution in [0.25, 0.3) is 0 Å². The van der Waals surface area contributed by atoms with E-state index in [0.29, 0.717) is 41.7 Å². The summed E-state index contributed by atoms with van der Waals surface area (Å²) in [6.07, 6.45) is 18.9. The van der Waals surface area contributed by atoms with E-state index in [9.17, 15) is 0 Å². The average molecular weight is 893 g/mol. The fourth-order valence-electron chi connectivity index (χ4n) is 11.2. The Labute approximate surface area is 393 Å². The summed E-state index contributed by atoms with van der Waals surface area (Å²) in [6, 6.07) is 1.03. The van der Waals surface area contributed by atoms with Gasteiger partial charge in [0.2, 0.25) is 0 Å². The first kappa shape index (κ1) is 48.9. The quantitative estimate of drug-likeness (QED) is 0.166. The lowest BCUT2D eigenvalue weighted by atomic mass is 10.0. The van der Waals surface area contributed by atoms with Gasteiger partial charge in [0.05, 0.1) is 47.7 Å². The van der Waals surface area contributed by atoms with E-state index in [0.717, 1.165) is 19.8 Å². The van der Waals surface area contributed by atoms with Crippen LogP contribution in [0.2, 0.25) is 0 Å². The number of rotatable bonds is 8. The molecule has 0 amide bonds. The zero-order chi connectivity index (χ0) is 46.7. The van der Waals surface area contributed by atoms with Crippen molar-refractivity contribution in [2.75, 3.05) is 13.2 Å². The molecule has 360 valence electrons. The predicted octanol–water partition coefficient (Wildman–Crippen LogP) is 12.0. The van der Waals surface area contributed by atoms with E-state index in [1.165, 1.54) is 170 Å². The predicted molar refractivity (Wildman–Crippen MR) is 267 cm³/mol. The van der Waals surface area contributed by atoms with E-state index in [-0.39, 0.29) is 1.43 Å². The molecule has 5 aromatic rings. The fourth-order valence-corrected chi connectivity index (χ4v) is 11.2. The van der Waals surface area contributed by atoms with Gasteiger partial charge in [-0.3, -0.25) is 23.8 Å². The number of aromatic nitrogens is 10. The van der Waals surface area contributed by atoms with E-state index in [1.807, 2.05) is 0 Å². The standard InChI is InChI=1S/C12H18N2O.C12H20N2.C11H18N2.C10H16N2.C9H14N2.H2/c1-8(2)12-10-4-3-5-11(10)14(13-12)9-6-15-7-9;1-8(2)12-10-6-5-7-11(10)14(13-12)9(3)4;1-4-13-10-7-5-6-9(10)11(12-13)8(2)3;1-7(2)10-8-5-4-6-9(8)12(3)11-10;1-6(2)9-7-4-3-5-8(7)10-11-9;/h8-9H,3-7H2,1-2H3;8-9H,5-7H2,1-4H3;8H,4-7H2,1-3H3;7H,4-6H2,1-3H3;6H,3-5H2,1-2H3,(H,10,11);1H. The molecular weight excluding hydrogens is 805 g/mol. The highest BCUT2D eigenvalue weighted by molar-refractivity contribution is 5.35. The van der Waals surface area contributed by atoms with Crippen molar-refractivity contribution in [1.82, 2.24) is 49.3 Å². The molecule has 0 spiro atoms. The molecule has 1 saturated heterocycles. The van der Waals surface area contributed by atoms with Gasteiger partial charge in [-0.15, -0.1) is 0 Å². The molecule has 5 aromatic heterocycles. The Balaban J connectivity index is 0.000000136. The second-order valence-electron chi connectivity index (χ2n) is 21.5. The van der Waals surface area contributed by atoms with Crippen LogP contribution in [0.15, 0.2) is 0 Å². The van der Waals surface area contributed by atoms with E-state index < -0.39 is 0 Å². The highest BCUT2D eigenvalue weighted by Crippen LogP contribution is 2.35. The third-order valence-corrected chi connectivity index (χ3v) is 14.5. The van der Waals surface area contributed by atoms with Crippen molar-refractivity contribution in [3.8, 4) is 0 Å². The minimum Gasteiger partial charge on any atom is -0.377 e. The van der Waals surface area contributed by atoms with Gasteiger partial charge in [-0.1, -0.05) is 69.2 Å². The molecular formula is C54H88N10O. The third kappa shape index (κ3) is 10.5. The number of aromatic amines is 1. The molecule has 11 heteroatoms. The Kier molecular flexibility index (Phi) is 16.0. The Morgan fingerprint density at radius 2 is 0.954 bits per heavy atom. The van der Waals surface area contributed by atoms with E-state index in [4.69, 9.17) is 14.9 Å². The number of ether oxygens (including phenoxy) is 1. The van der Waals surface area contributed by atoms with Crippen LogP contribution < -0.4 is 0 Å². The number of H-pyrrole nitrogens is 1. The lowest BCUT2D eigenvalue weighted by Crippen LogP contribution is -2.32. The average Bonchev–Trinajstić information content (AvgIpc) is 4.07. The number of aryl methyl sites for hydroxylation is 3. The topological polar surface area (TPSA) is 109 Å². The zero-order valence-corrected chi connectivity index (χ0v) is 43.2. The van der Waals surface area contributed by atoms with Crippen molar-refractivity contribution >= 4 is 0 Å². The summed E-state index contributed by atoms with van der Waals surface area (Å²) in [5.74, 6) is 2.87. The summed E-state index contributed by atoms with van der Waals surface area (Å²) in [5.41, 5.74) is 21.7. The Bertz CT molecular complexity index is 2310. The molecule has 1 aliphatic heterocycles. The molecule has 5 aliphatic carbocycles. The number of fused-ring (bicyclic) bond motifs is 5. The van der Waals surface area contributed by atoms with Crippen LogP contribution in [0.5, 0.6) is 0 Å². The molecule has 65 heavy (non-hydrogen) atoms. The van der Waals surface area contributed by atoms with Crippen LogP contribution in [0.1, 0.15) is 250 Å². The van der Waals surface area contributed by atoms with Crippen molar-refractivity contribution in [2.45, 2.75) is 235 Å². The van der Waals surface area contributed by atoms with E-state index in [1.54, 1.807) is 11.1 Å². The second-order valence-corrected chi connectivity index (χ2v) is 21.5. The zero-order valence-electron chi connectivity index (χ0n) is 43.2. The minimum absolute atomic E-state index is 0. The van der Waals surface area contributed by atoms with Crippen molar-refractivity contribution in [3.05, 3.63) is 84.8 Å². The monoisotopic (exact) mass is 893 g/mol. The van der Waals surface area contributed by atoms with Crippen LogP contribution >= 0.6 is 0 Å². The summed E-state index contributed by atoms with van der Waals surface area (Å²) < 4.78 is 14.0. The maximum Gasteiger partial charge on any atom is 0.0988 e. The molecule has 6 aliphatic rings. The normalized spacial score (nSPS) is 16.8. The molecule has 0 unspecified atom stereocenters. The van der Waals surface area contributed by atoms with Crippen molar-refractivity contribution in [2.24, 2.45) is 7.05 Å². The lowest BCUT2D eigenvalue weighted by molar-refractivity contribution is -0.0299. The Morgan fingerprint density at radius 3 is 1.49 bits per heavy atom. The summed E-state index contributed by atoms with van der Waals surface area (Å²) in [4.78, 5) is 0.